The highest BCUT2D eigenvalue weighted by Gasteiger charge is 2.33. The SMILES string of the molecule is COc1cc(/C=C2/SC(=S)N(c3cccc(C(=O)Nc4ccc(F)cc4)c3)C2=O)ccc1OCc1cccc(C)c1. The van der Waals surface area contributed by atoms with Gasteiger partial charge in [0.15, 0.2) is 15.8 Å². The summed E-state index contributed by atoms with van der Waals surface area (Å²) in [6, 6.07) is 25.6. The van der Waals surface area contributed by atoms with Gasteiger partial charge in [-0.2, -0.15) is 0 Å². The Morgan fingerprint density at radius 1 is 1.00 bits per heavy atom. The zero-order valence-corrected chi connectivity index (χ0v) is 23.9. The Hall–Kier alpha value is -4.47. The fraction of sp³-hybridized carbons (Fsp3) is 0.0938. The number of thiocarbonyl (C=S) groups is 1. The largest absolute Gasteiger partial charge is 0.493 e. The smallest absolute Gasteiger partial charge is 0.270 e. The van der Waals surface area contributed by atoms with Crippen LogP contribution in [0, 0.1) is 12.7 Å². The number of rotatable bonds is 8. The van der Waals surface area contributed by atoms with Gasteiger partial charge < -0.3 is 14.8 Å². The zero-order valence-electron chi connectivity index (χ0n) is 22.2. The van der Waals surface area contributed by atoms with Crippen LogP contribution in [-0.4, -0.2) is 23.2 Å². The van der Waals surface area contributed by atoms with Gasteiger partial charge in [0.05, 0.1) is 17.7 Å². The summed E-state index contributed by atoms with van der Waals surface area (Å²) in [5, 5.41) is 2.72. The molecule has 1 heterocycles. The number of amides is 2. The van der Waals surface area contributed by atoms with Crippen molar-refractivity contribution in [3.05, 3.63) is 124 Å². The fourth-order valence-electron chi connectivity index (χ4n) is 4.22. The molecule has 0 bridgehead atoms. The number of carbonyl (C=O) groups excluding carboxylic acids is 2. The summed E-state index contributed by atoms with van der Waals surface area (Å²) < 4.78 is 25.1. The summed E-state index contributed by atoms with van der Waals surface area (Å²) >= 11 is 6.70. The number of thioether (sulfide) groups is 1. The number of aryl methyl sites for hydroxylation is 1. The van der Waals surface area contributed by atoms with Gasteiger partial charge in [0.25, 0.3) is 11.8 Å². The van der Waals surface area contributed by atoms with Crippen molar-refractivity contribution in [1.82, 2.24) is 0 Å². The molecule has 5 rings (SSSR count). The van der Waals surface area contributed by atoms with E-state index >= 15 is 0 Å². The molecule has 4 aromatic carbocycles. The van der Waals surface area contributed by atoms with Crippen molar-refractivity contribution >= 4 is 57.6 Å². The monoisotopic (exact) mass is 584 g/mol. The minimum absolute atomic E-state index is 0.296. The molecule has 9 heteroatoms. The summed E-state index contributed by atoms with van der Waals surface area (Å²) in [6.45, 7) is 2.43. The molecule has 1 saturated heterocycles. The molecule has 0 aliphatic carbocycles. The number of nitrogens with zero attached hydrogens (tertiary/aromatic N) is 1. The molecule has 6 nitrogen and oxygen atoms in total. The van der Waals surface area contributed by atoms with Crippen LogP contribution in [0.1, 0.15) is 27.0 Å². The average Bonchev–Trinajstić information content (AvgIpc) is 3.25. The second kappa shape index (κ2) is 12.4. The molecule has 0 aromatic heterocycles. The van der Waals surface area contributed by atoms with Crippen molar-refractivity contribution in [3.63, 3.8) is 0 Å². The number of hydrogen-bond donors (Lipinski definition) is 1. The van der Waals surface area contributed by atoms with Gasteiger partial charge in [0, 0.05) is 11.3 Å². The first-order valence-electron chi connectivity index (χ1n) is 12.6. The minimum atomic E-state index is -0.395. The Morgan fingerprint density at radius 2 is 1.78 bits per heavy atom. The van der Waals surface area contributed by atoms with Gasteiger partial charge in [-0.1, -0.05) is 65.9 Å². The van der Waals surface area contributed by atoms with Crippen molar-refractivity contribution in [3.8, 4) is 11.5 Å². The van der Waals surface area contributed by atoms with Crippen LogP contribution < -0.4 is 19.7 Å². The lowest BCUT2D eigenvalue weighted by atomic mass is 10.1. The number of nitrogens with one attached hydrogen (secondary N) is 1. The van der Waals surface area contributed by atoms with Crippen LogP contribution in [0.25, 0.3) is 6.08 Å². The first kappa shape index (κ1) is 28.1. The van der Waals surface area contributed by atoms with Crippen LogP contribution in [0.2, 0.25) is 0 Å². The number of hydrogen-bond acceptors (Lipinski definition) is 6. The van der Waals surface area contributed by atoms with Crippen molar-refractivity contribution in [2.45, 2.75) is 13.5 Å². The van der Waals surface area contributed by atoms with Crippen LogP contribution in [-0.2, 0) is 11.4 Å². The number of anilines is 2. The first-order chi connectivity index (χ1) is 19.8. The van der Waals surface area contributed by atoms with Crippen LogP contribution in [0.15, 0.2) is 95.9 Å². The van der Waals surface area contributed by atoms with E-state index in [0.29, 0.717) is 44.3 Å². The topological polar surface area (TPSA) is 67.9 Å². The van der Waals surface area contributed by atoms with E-state index in [9.17, 15) is 14.0 Å². The average molecular weight is 585 g/mol. The number of carbonyl (C=O) groups is 2. The normalized spacial score (nSPS) is 13.9. The zero-order chi connectivity index (χ0) is 28.9. The molecule has 1 aliphatic heterocycles. The summed E-state index contributed by atoms with van der Waals surface area (Å²) in [5.74, 6) is 0.0514. The van der Waals surface area contributed by atoms with Crippen molar-refractivity contribution < 1.29 is 23.5 Å². The molecule has 0 saturated carbocycles. The van der Waals surface area contributed by atoms with Crippen LogP contribution in [0.5, 0.6) is 11.5 Å². The van der Waals surface area contributed by atoms with Gasteiger partial charge in [-0.05, 0) is 78.7 Å². The molecule has 4 aromatic rings. The third-order valence-corrected chi connectivity index (χ3v) is 7.53. The highest BCUT2D eigenvalue weighted by atomic mass is 32.2. The third kappa shape index (κ3) is 6.65. The van der Waals surface area contributed by atoms with Gasteiger partial charge >= 0.3 is 0 Å². The van der Waals surface area contributed by atoms with E-state index in [4.69, 9.17) is 21.7 Å². The predicted molar refractivity (Wildman–Crippen MR) is 165 cm³/mol. The lowest BCUT2D eigenvalue weighted by molar-refractivity contribution is -0.113. The van der Waals surface area contributed by atoms with Crippen LogP contribution in [0.4, 0.5) is 15.8 Å². The second-order valence-electron chi connectivity index (χ2n) is 9.22. The molecule has 41 heavy (non-hydrogen) atoms. The highest BCUT2D eigenvalue weighted by Crippen LogP contribution is 2.37. The van der Waals surface area contributed by atoms with Crippen LogP contribution in [0.3, 0.4) is 0 Å². The Balaban J connectivity index is 1.31. The van der Waals surface area contributed by atoms with Crippen LogP contribution >= 0.6 is 24.0 Å². The molecule has 206 valence electrons. The van der Waals surface area contributed by atoms with Gasteiger partial charge in [0.2, 0.25) is 0 Å². The highest BCUT2D eigenvalue weighted by molar-refractivity contribution is 8.27. The van der Waals surface area contributed by atoms with E-state index in [2.05, 4.69) is 11.4 Å². The maximum atomic E-state index is 13.4. The number of ether oxygens (including phenoxy) is 2. The van der Waals surface area contributed by atoms with E-state index in [-0.39, 0.29) is 5.91 Å². The number of halogens is 1. The Bertz CT molecular complexity index is 1670. The Labute approximate surface area is 246 Å². The number of methoxy groups -OCH3 is 1. The maximum Gasteiger partial charge on any atom is 0.270 e. The molecule has 1 aliphatic rings. The van der Waals surface area contributed by atoms with Gasteiger partial charge in [-0.3, -0.25) is 14.5 Å². The second-order valence-corrected chi connectivity index (χ2v) is 10.9. The maximum absolute atomic E-state index is 13.4. The summed E-state index contributed by atoms with van der Waals surface area (Å²) in [7, 11) is 1.57. The molecule has 1 N–H and O–H groups in total. The summed E-state index contributed by atoms with van der Waals surface area (Å²) in [5.41, 5.74) is 4.22. The van der Waals surface area contributed by atoms with Crippen molar-refractivity contribution in [1.29, 1.82) is 0 Å². The van der Waals surface area contributed by atoms with Gasteiger partial charge in [0.1, 0.15) is 12.4 Å². The van der Waals surface area contributed by atoms with E-state index in [1.165, 1.54) is 40.9 Å². The van der Waals surface area contributed by atoms with Crippen molar-refractivity contribution in [2.24, 2.45) is 0 Å². The minimum Gasteiger partial charge on any atom is -0.493 e. The summed E-state index contributed by atoms with van der Waals surface area (Å²) in [6.07, 6.45) is 1.75. The molecule has 0 unspecified atom stereocenters. The van der Waals surface area contributed by atoms with E-state index in [1.54, 1.807) is 43.5 Å². The third-order valence-electron chi connectivity index (χ3n) is 6.22. The predicted octanol–water partition coefficient (Wildman–Crippen LogP) is 7.38. The lowest BCUT2D eigenvalue weighted by Crippen LogP contribution is -2.27. The molecule has 2 amide bonds. The van der Waals surface area contributed by atoms with E-state index < -0.39 is 11.7 Å². The quantitative estimate of drug-likeness (QED) is 0.172. The molecule has 0 radical (unpaired) electrons. The van der Waals surface area contributed by atoms with E-state index in [0.717, 1.165) is 16.7 Å². The lowest BCUT2D eigenvalue weighted by Gasteiger charge is -2.15. The Kier molecular flexibility index (Phi) is 8.47. The standard InChI is InChI=1S/C32H25FN2O4S2/c1-20-5-3-6-22(15-20)19-39-27-14-9-21(16-28(27)38-2)17-29-31(37)35(32(40)41-29)26-8-4-7-23(18-26)30(36)34-25-12-10-24(33)11-13-25/h3-18H,19H2,1-2H3,(H,34,36)/b29-17+. The van der Waals surface area contributed by atoms with Gasteiger partial charge in [-0.25, -0.2) is 4.39 Å². The number of benzene rings is 4. The van der Waals surface area contributed by atoms with E-state index in [1.807, 2.05) is 37.3 Å². The summed E-state index contributed by atoms with van der Waals surface area (Å²) in [4.78, 5) is 28.0. The molecule has 1 fully saturated rings. The van der Waals surface area contributed by atoms with Gasteiger partial charge in [-0.15, -0.1) is 0 Å². The fourth-order valence-corrected chi connectivity index (χ4v) is 5.52. The van der Waals surface area contributed by atoms with Crippen molar-refractivity contribution in [2.75, 3.05) is 17.3 Å². The Morgan fingerprint density at radius 3 is 2.54 bits per heavy atom. The molecule has 0 spiro atoms. The molecule has 0 atom stereocenters. The first-order valence-corrected chi connectivity index (χ1v) is 13.8. The molecular formula is C32H25FN2O4S2. The molecular weight excluding hydrogens is 559 g/mol.